The van der Waals surface area contributed by atoms with Crippen molar-refractivity contribution in [3.05, 3.63) is 0 Å². The monoisotopic (exact) mass is 255 g/mol. The minimum Gasteiger partial charge on any atom is -0.390 e. The van der Waals surface area contributed by atoms with Gasteiger partial charge in [0.15, 0.2) is 0 Å². The largest absolute Gasteiger partial charge is 0.390 e. The molecule has 0 aromatic carbocycles. The van der Waals surface area contributed by atoms with E-state index >= 15 is 0 Å². The van der Waals surface area contributed by atoms with Crippen LogP contribution in [-0.2, 0) is 0 Å². The maximum atomic E-state index is 9.80. The maximum absolute atomic E-state index is 9.80. The van der Waals surface area contributed by atoms with Crippen LogP contribution >= 0.6 is 0 Å². The van der Waals surface area contributed by atoms with Crippen molar-refractivity contribution in [3.63, 3.8) is 0 Å². The number of aliphatic hydroxyl groups is 1. The molecule has 0 amide bonds. The Morgan fingerprint density at radius 3 is 2.39 bits per heavy atom. The Labute approximate surface area is 111 Å². The predicted molar refractivity (Wildman–Crippen MR) is 74.8 cm³/mol. The summed E-state index contributed by atoms with van der Waals surface area (Å²) in [5.74, 6) is 0. The molecule has 1 atom stereocenters. The third-order valence-electron chi connectivity index (χ3n) is 4.37. The second-order valence-electron chi connectivity index (χ2n) is 5.84. The van der Waals surface area contributed by atoms with Gasteiger partial charge < -0.3 is 20.2 Å². The highest BCUT2D eigenvalue weighted by Crippen LogP contribution is 2.20. The Balaban J connectivity index is 1.67. The Kier molecular flexibility index (Phi) is 5.89. The number of piperidine rings is 2. The molecule has 0 aromatic rings. The van der Waals surface area contributed by atoms with E-state index in [-0.39, 0.29) is 6.10 Å². The molecule has 0 aliphatic carbocycles. The first-order valence-corrected chi connectivity index (χ1v) is 7.58. The fraction of sp³-hybridized carbons (Fsp3) is 1.00. The number of nitrogens with zero attached hydrogens (tertiary/aromatic N) is 2. The molecule has 0 aromatic heterocycles. The molecule has 0 spiro atoms. The van der Waals surface area contributed by atoms with Gasteiger partial charge >= 0.3 is 0 Å². The van der Waals surface area contributed by atoms with Gasteiger partial charge in [-0.15, -0.1) is 0 Å². The number of hydrogen-bond donors (Lipinski definition) is 2. The summed E-state index contributed by atoms with van der Waals surface area (Å²) in [6.07, 6.45) is 6.55. The molecule has 0 bridgehead atoms. The lowest BCUT2D eigenvalue weighted by Gasteiger charge is -2.40. The van der Waals surface area contributed by atoms with E-state index < -0.39 is 0 Å². The summed E-state index contributed by atoms with van der Waals surface area (Å²) in [6, 6.07) is 0.808. The molecule has 2 N–H and O–H groups in total. The molecule has 2 heterocycles. The van der Waals surface area contributed by atoms with E-state index in [1.54, 1.807) is 0 Å². The van der Waals surface area contributed by atoms with E-state index in [1.807, 2.05) is 7.05 Å². The van der Waals surface area contributed by atoms with Gasteiger partial charge in [0, 0.05) is 19.1 Å². The molecular weight excluding hydrogens is 226 g/mol. The number of likely N-dealkylation sites (tertiary alicyclic amines) is 2. The summed E-state index contributed by atoms with van der Waals surface area (Å²) in [5.41, 5.74) is 0. The highest BCUT2D eigenvalue weighted by molar-refractivity contribution is 4.82. The van der Waals surface area contributed by atoms with Crippen LogP contribution in [0.3, 0.4) is 0 Å². The summed E-state index contributed by atoms with van der Waals surface area (Å²) in [7, 11) is 1.89. The van der Waals surface area contributed by atoms with E-state index in [0.717, 1.165) is 25.7 Å². The van der Waals surface area contributed by atoms with E-state index in [2.05, 4.69) is 15.1 Å². The van der Waals surface area contributed by atoms with Crippen LogP contribution in [0.25, 0.3) is 0 Å². The molecule has 2 aliphatic rings. The van der Waals surface area contributed by atoms with Crippen molar-refractivity contribution >= 4 is 0 Å². The Bertz CT molecular complexity index is 223. The SMILES string of the molecule is CNCC(O)CN1CCC(N2CCCCC2)CC1. The van der Waals surface area contributed by atoms with Crippen molar-refractivity contribution in [3.8, 4) is 0 Å². The molecular formula is C14H29N3O. The molecule has 2 rings (SSSR count). The van der Waals surface area contributed by atoms with Gasteiger partial charge in [-0.1, -0.05) is 6.42 Å². The lowest BCUT2D eigenvalue weighted by Crippen LogP contribution is -2.48. The van der Waals surface area contributed by atoms with E-state index in [9.17, 15) is 5.11 Å². The van der Waals surface area contributed by atoms with Crippen molar-refractivity contribution in [2.45, 2.75) is 44.2 Å². The zero-order valence-electron chi connectivity index (χ0n) is 11.8. The van der Waals surface area contributed by atoms with Gasteiger partial charge in [0.1, 0.15) is 0 Å². The van der Waals surface area contributed by atoms with E-state index in [0.29, 0.717) is 6.54 Å². The zero-order chi connectivity index (χ0) is 12.8. The number of aliphatic hydroxyl groups excluding tert-OH is 1. The fourth-order valence-electron chi connectivity index (χ4n) is 3.35. The highest BCUT2D eigenvalue weighted by atomic mass is 16.3. The third kappa shape index (κ3) is 4.19. The lowest BCUT2D eigenvalue weighted by atomic mass is 10.00. The molecule has 0 saturated carbocycles. The summed E-state index contributed by atoms with van der Waals surface area (Å²) in [4.78, 5) is 5.12. The molecule has 0 radical (unpaired) electrons. The van der Waals surface area contributed by atoms with Crippen molar-refractivity contribution in [1.82, 2.24) is 15.1 Å². The summed E-state index contributed by atoms with van der Waals surface area (Å²) in [6.45, 7) is 6.46. The number of nitrogens with one attached hydrogen (secondary N) is 1. The van der Waals surface area contributed by atoms with Gasteiger partial charge in [0.25, 0.3) is 0 Å². The van der Waals surface area contributed by atoms with Crippen molar-refractivity contribution in [2.24, 2.45) is 0 Å². The zero-order valence-corrected chi connectivity index (χ0v) is 11.8. The number of rotatable bonds is 5. The predicted octanol–water partition coefficient (Wildman–Crippen LogP) is 0.517. The molecule has 2 aliphatic heterocycles. The first kappa shape index (κ1) is 14.3. The second-order valence-corrected chi connectivity index (χ2v) is 5.84. The molecule has 18 heavy (non-hydrogen) atoms. The van der Waals surface area contributed by atoms with Crippen molar-refractivity contribution < 1.29 is 5.11 Å². The minimum absolute atomic E-state index is 0.221. The standard InChI is InChI=1S/C14H29N3O/c1-15-11-14(18)12-16-9-5-13(6-10-16)17-7-3-2-4-8-17/h13-15,18H,2-12H2,1H3. The van der Waals surface area contributed by atoms with Crippen molar-refractivity contribution in [2.75, 3.05) is 46.3 Å². The van der Waals surface area contributed by atoms with Gasteiger partial charge in [-0.05, 0) is 58.9 Å². The quantitative estimate of drug-likeness (QED) is 0.751. The van der Waals surface area contributed by atoms with Crippen LogP contribution in [0, 0.1) is 0 Å². The van der Waals surface area contributed by atoms with E-state index in [1.165, 1.54) is 45.2 Å². The second kappa shape index (κ2) is 7.43. The van der Waals surface area contributed by atoms with Gasteiger partial charge in [0.2, 0.25) is 0 Å². The fourth-order valence-corrected chi connectivity index (χ4v) is 3.35. The van der Waals surface area contributed by atoms with Crippen LogP contribution in [0.4, 0.5) is 0 Å². The van der Waals surface area contributed by atoms with Gasteiger partial charge in [-0.25, -0.2) is 0 Å². The number of β-amino-alcohol motifs (C(OH)–C–C–N with tert-alkyl or cyclic N) is 1. The first-order chi connectivity index (χ1) is 8.79. The van der Waals surface area contributed by atoms with Gasteiger partial charge in [-0.2, -0.15) is 0 Å². The molecule has 4 nitrogen and oxygen atoms in total. The highest BCUT2D eigenvalue weighted by Gasteiger charge is 2.26. The molecule has 2 fully saturated rings. The van der Waals surface area contributed by atoms with Crippen LogP contribution in [0.5, 0.6) is 0 Å². The van der Waals surface area contributed by atoms with Gasteiger partial charge in [0.05, 0.1) is 6.10 Å². The average molecular weight is 255 g/mol. The van der Waals surface area contributed by atoms with Crippen LogP contribution in [0.15, 0.2) is 0 Å². The minimum atomic E-state index is -0.221. The Hall–Kier alpha value is -0.160. The first-order valence-electron chi connectivity index (χ1n) is 7.58. The average Bonchev–Trinajstić information content (AvgIpc) is 2.41. The third-order valence-corrected chi connectivity index (χ3v) is 4.37. The van der Waals surface area contributed by atoms with Crippen LogP contribution in [-0.4, -0.2) is 73.4 Å². The summed E-state index contributed by atoms with van der Waals surface area (Å²) >= 11 is 0. The van der Waals surface area contributed by atoms with Crippen LogP contribution in [0.2, 0.25) is 0 Å². The normalized spacial score (nSPS) is 26.3. The lowest BCUT2D eigenvalue weighted by molar-refractivity contribution is 0.0609. The van der Waals surface area contributed by atoms with Crippen LogP contribution in [0.1, 0.15) is 32.1 Å². The number of likely N-dealkylation sites (N-methyl/N-ethyl adjacent to an activating group) is 1. The Morgan fingerprint density at radius 1 is 1.11 bits per heavy atom. The molecule has 1 unspecified atom stereocenters. The summed E-state index contributed by atoms with van der Waals surface area (Å²) in [5, 5.41) is 12.8. The Morgan fingerprint density at radius 2 is 1.78 bits per heavy atom. The molecule has 2 saturated heterocycles. The maximum Gasteiger partial charge on any atom is 0.0791 e. The topological polar surface area (TPSA) is 38.7 Å². The van der Waals surface area contributed by atoms with E-state index in [4.69, 9.17) is 0 Å². The number of hydrogen-bond acceptors (Lipinski definition) is 4. The van der Waals surface area contributed by atoms with Gasteiger partial charge in [-0.3, -0.25) is 0 Å². The van der Waals surface area contributed by atoms with Crippen molar-refractivity contribution in [1.29, 1.82) is 0 Å². The van der Waals surface area contributed by atoms with Crippen LogP contribution < -0.4 is 5.32 Å². The molecule has 106 valence electrons. The smallest absolute Gasteiger partial charge is 0.0791 e. The summed E-state index contributed by atoms with van der Waals surface area (Å²) < 4.78 is 0. The molecule has 4 heteroatoms.